The van der Waals surface area contributed by atoms with Crippen molar-refractivity contribution in [3.8, 4) is 11.1 Å². The molecule has 30 heavy (non-hydrogen) atoms. The quantitative estimate of drug-likeness (QED) is 0.382. The lowest BCUT2D eigenvalue weighted by atomic mass is 10.0. The first-order valence-corrected chi connectivity index (χ1v) is 10.6. The molecule has 1 aromatic carbocycles. The van der Waals surface area contributed by atoms with Gasteiger partial charge in [-0.15, -0.1) is 11.3 Å². The highest BCUT2D eigenvalue weighted by Crippen LogP contribution is 2.37. The average molecular weight is 419 g/mol. The number of rotatable bonds is 4. The Morgan fingerprint density at radius 1 is 1.13 bits per heavy atom. The molecule has 3 N–H and O–H groups in total. The van der Waals surface area contributed by atoms with Crippen molar-refractivity contribution in [2.75, 3.05) is 11.1 Å². The second-order valence-electron chi connectivity index (χ2n) is 7.61. The first-order chi connectivity index (χ1) is 14.4. The normalized spacial score (nSPS) is 11.8. The molecule has 0 spiro atoms. The standard InChI is InChI=1S/C22H22N6OS/c1-11(2)28-10-16(14-5-6-17-15(9-14)7-8-29-17)18-19(23)25-22(27-21(18)28)26-20-12(3)30-13(4)24-20/h5-11H,1-4H3,(H3,23,25,26,27). The van der Waals surface area contributed by atoms with Gasteiger partial charge in [-0.25, -0.2) is 4.98 Å². The summed E-state index contributed by atoms with van der Waals surface area (Å²) >= 11 is 1.63. The molecule has 8 heteroatoms. The van der Waals surface area contributed by atoms with Crippen molar-refractivity contribution < 1.29 is 4.42 Å². The number of nitrogen functional groups attached to an aromatic ring is 1. The number of nitrogens with zero attached hydrogens (tertiary/aromatic N) is 4. The van der Waals surface area contributed by atoms with Crippen LogP contribution >= 0.6 is 11.3 Å². The number of fused-ring (bicyclic) bond motifs is 2. The van der Waals surface area contributed by atoms with Crippen LogP contribution in [0, 0.1) is 13.8 Å². The summed E-state index contributed by atoms with van der Waals surface area (Å²) in [6.07, 6.45) is 3.80. The Labute approximate surface area is 177 Å². The molecule has 0 radical (unpaired) electrons. The molecule has 0 saturated heterocycles. The van der Waals surface area contributed by atoms with Gasteiger partial charge >= 0.3 is 0 Å². The third kappa shape index (κ3) is 3.00. The van der Waals surface area contributed by atoms with Crippen molar-refractivity contribution in [2.24, 2.45) is 0 Å². The number of furan rings is 1. The fourth-order valence-corrected chi connectivity index (χ4v) is 4.50. The molecule has 4 aromatic heterocycles. The van der Waals surface area contributed by atoms with Crippen LogP contribution in [-0.4, -0.2) is 19.5 Å². The Balaban J connectivity index is 1.68. The van der Waals surface area contributed by atoms with Crippen LogP contribution < -0.4 is 11.1 Å². The number of nitrogens with two attached hydrogens (primary N) is 1. The highest BCUT2D eigenvalue weighted by Gasteiger charge is 2.19. The van der Waals surface area contributed by atoms with Crippen LogP contribution in [0.4, 0.5) is 17.6 Å². The zero-order chi connectivity index (χ0) is 21.0. The minimum atomic E-state index is 0.212. The molecule has 0 amide bonds. The SMILES string of the molecule is Cc1nc(Nc2nc(N)c3c(-c4ccc5occc5c4)cn(C(C)C)c3n2)c(C)s1. The van der Waals surface area contributed by atoms with E-state index in [1.54, 1.807) is 17.6 Å². The highest BCUT2D eigenvalue weighted by atomic mass is 32.1. The van der Waals surface area contributed by atoms with Gasteiger partial charge in [-0.3, -0.25) is 0 Å². The number of nitrogens with one attached hydrogen (secondary N) is 1. The molecule has 5 rings (SSSR count). The molecular formula is C22H22N6OS. The first kappa shape index (κ1) is 18.6. The van der Waals surface area contributed by atoms with Crippen molar-refractivity contribution in [1.29, 1.82) is 0 Å². The molecule has 0 aliphatic heterocycles. The van der Waals surface area contributed by atoms with Crippen LogP contribution in [-0.2, 0) is 0 Å². The van der Waals surface area contributed by atoms with E-state index >= 15 is 0 Å². The van der Waals surface area contributed by atoms with E-state index in [9.17, 15) is 0 Å². The lowest BCUT2D eigenvalue weighted by Crippen LogP contribution is -2.05. The number of benzene rings is 1. The fraction of sp³-hybridized carbons (Fsp3) is 0.227. The van der Waals surface area contributed by atoms with Crippen LogP contribution in [0.2, 0.25) is 0 Å². The van der Waals surface area contributed by atoms with Gasteiger partial charge in [0.05, 0.1) is 16.7 Å². The molecule has 0 saturated carbocycles. The molecular weight excluding hydrogens is 396 g/mol. The molecule has 0 aliphatic rings. The highest BCUT2D eigenvalue weighted by molar-refractivity contribution is 7.12. The minimum Gasteiger partial charge on any atom is -0.464 e. The summed E-state index contributed by atoms with van der Waals surface area (Å²) in [6.45, 7) is 8.26. The number of aromatic nitrogens is 4. The smallest absolute Gasteiger partial charge is 0.232 e. The Hall–Kier alpha value is -3.39. The van der Waals surface area contributed by atoms with Crippen molar-refractivity contribution in [3.05, 3.63) is 46.6 Å². The predicted molar refractivity (Wildman–Crippen MR) is 122 cm³/mol. The van der Waals surface area contributed by atoms with Crippen LogP contribution in [0.15, 0.2) is 41.1 Å². The van der Waals surface area contributed by atoms with E-state index in [0.717, 1.165) is 48.8 Å². The Morgan fingerprint density at radius 3 is 2.70 bits per heavy atom. The second kappa shape index (κ2) is 6.84. The molecule has 0 bridgehead atoms. The summed E-state index contributed by atoms with van der Waals surface area (Å²) < 4.78 is 7.61. The maximum absolute atomic E-state index is 6.46. The van der Waals surface area contributed by atoms with E-state index in [1.165, 1.54) is 0 Å². The zero-order valence-electron chi connectivity index (χ0n) is 17.2. The Kier molecular flexibility index (Phi) is 4.25. The van der Waals surface area contributed by atoms with E-state index in [1.807, 2.05) is 32.0 Å². The maximum atomic E-state index is 6.46. The van der Waals surface area contributed by atoms with Gasteiger partial charge in [0, 0.05) is 28.1 Å². The molecule has 5 aromatic rings. The van der Waals surface area contributed by atoms with E-state index in [4.69, 9.17) is 15.1 Å². The van der Waals surface area contributed by atoms with Crippen molar-refractivity contribution in [3.63, 3.8) is 0 Å². The van der Waals surface area contributed by atoms with Gasteiger partial charge in [0.25, 0.3) is 0 Å². The number of anilines is 3. The third-order valence-electron chi connectivity index (χ3n) is 5.15. The monoisotopic (exact) mass is 418 g/mol. The van der Waals surface area contributed by atoms with Crippen LogP contribution in [0.1, 0.15) is 29.8 Å². The maximum Gasteiger partial charge on any atom is 0.232 e. The molecule has 152 valence electrons. The van der Waals surface area contributed by atoms with Crippen LogP contribution in [0.5, 0.6) is 0 Å². The summed E-state index contributed by atoms with van der Waals surface area (Å²) in [6, 6.07) is 8.29. The summed E-state index contributed by atoms with van der Waals surface area (Å²) in [5, 5.41) is 6.12. The van der Waals surface area contributed by atoms with E-state index in [2.05, 4.69) is 46.0 Å². The topological polar surface area (TPSA) is 94.8 Å². The van der Waals surface area contributed by atoms with Crippen LogP contribution in [0.25, 0.3) is 33.1 Å². The van der Waals surface area contributed by atoms with Gasteiger partial charge in [-0.2, -0.15) is 9.97 Å². The van der Waals surface area contributed by atoms with Gasteiger partial charge in [0.2, 0.25) is 5.95 Å². The summed E-state index contributed by atoms with van der Waals surface area (Å²) in [4.78, 5) is 15.0. The van der Waals surface area contributed by atoms with Gasteiger partial charge in [0.15, 0.2) is 0 Å². The number of hydrogen-bond donors (Lipinski definition) is 2. The van der Waals surface area contributed by atoms with E-state index < -0.39 is 0 Å². The van der Waals surface area contributed by atoms with E-state index in [0.29, 0.717) is 11.8 Å². The zero-order valence-corrected chi connectivity index (χ0v) is 18.0. The lowest BCUT2D eigenvalue weighted by molar-refractivity contribution is 0.616. The van der Waals surface area contributed by atoms with Gasteiger partial charge < -0.3 is 20.0 Å². The average Bonchev–Trinajstić information content (AvgIpc) is 3.38. The molecule has 0 aliphatic carbocycles. The first-order valence-electron chi connectivity index (χ1n) is 9.77. The number of aryl methyl sites for hydroxylation is 2. The summed E-state index contributed by atoms with van der Waals surface area (Å²) in [7, 11) is 0. The minimum absolute atomic E-state index is 0.212. The molecule has 0 unspecified atom stereocenters. The second-order valence-corrected chi connectivity index (χ2v) is 9.02. The molecule has 0 fully saturated rings. The molecule has 4 heterocycles. The predicted octanol–water partition coefficient (Wildman–Crippen LogP) is 5.82. The van der Waals surface area contributed by atoms with Crippen molar-refractivity contribution >= 4 is 50.9 Å². The lowest BCUT2D eigenvalue weighted by Gasteiger charge is -2.10. The van der Waals surface area contributed by atoms with E-state index in [-0.39, 0.29) is 6.04 Å². The largest absolute Gasteiger partial charge is 0.464 e. The number of thiazole rings is 1. The fourth-order valence-electron chi connectivity index (χ4n) is 3.73. The van der Waals surface area contributed by atoms with Gasteiger partial charge in [-0.1, -0.05) is 6.07 Å². The third-order valence-corrected chi connectivity index (χ3v) is 6.04. The van der Waals surface area contributed by atoms with Crippen molar-refractivity contribution in [2.45, 2.75) is 33.7 Å². The number of hydrogen-bond acceptors (Lipinski definition) is 7. The Bertz CT molecular complexity index is 1390. The van der Waals surface area contributed by atoms with Crippen molar-refractivity contribution in [1.82, 2.24) is 19.5 Å². The van der Waals surface area contributed by atoms with Gasteiger partial charge in [0.1, 0.15) is 22.9 Å². The Morgan fingerprint density at radius 2 is 1.97 bits per heavy atom. The van der Waals surface area contributed by atoms with Gasteiger partial charge in [-0.05, 0) is 51.5 Å². The van der Waals surface area contributed by atoms with Crippen LogP contribution in [0.3, 0.4) is 0 Å². The summed E-state index contributed by atoms with van der Waals surface area (Å²) in [5.74, 6) is 1.66. The molecule has 0 atom stereocenters. The molecule has 7 nitrogen and oxygen atoms in total. The summed E-state index contributed by atoms with van der Waals surface area (Å²) in [5.41, 5.74) is 10.2.